The van der Waals surface area contributed by atoms with Crippen LogP contribution in [0.5, 0.6) is 0 Å². The van der Waals surface area contributed by atoms with Gasteiger partial charge in [-0.25, -0.2) is 8.42 Å². The molecule has 1 aromatic heterocycles. The zero-order chi connectivity index (χ0) is 17.2. The largest absolute Gasteiger partial charge is 0.324 e. The molecule has 1 N–H and O–H groups in total. The lowest BCUT2D eigenvalue weighted by atomic mass is 10.2. The highest BCUT2D eigenvalue weighted by atomic mass is 32.2. The van der Waals surface area contributed by atoms with E-state index in [9.17, 15) is 13.2 Å². The van der Waals surface area contributed by atoms with Crippen molar-refractivity contribution in [3.05, 3.63) is 78.6 Å². The van der Waals surface area contributed by atoms with Crippen molar-refractivity contribution >= 4 is 21.4 Å². The van der Waals surface area contributed by atoms with Gasteiger partial charge in [0.2, 0.25) is 0 Å². The van der Waals surface area contributed by atoms with Gasteiger partial charge in [0.1, 0.15) is 0 Å². The molecule has 5 nitrogen and oxygen atoms in total. The number of hydrogen-bond donors (Lipinski definition) is 1. The Morgan fingerprint density at radius 1 is 0.958 bits per heavy atom. The third kappa shape index (κ3) is 3.55. The Balaban J connectivity index is 1.79. The first kappa shape index (κ1) is 16.0. The van der Waals surface area contributed by atoms with Crippen molar-refractivity contribution in [1.82, 2.24) is 4.57 Å². The molecule has 3 rings (SSSR count). The monoisotopic (exact) mass is 340 g/mol. The number of benzene rings is 2. The van der Waals surface area contributed by atoms with E-state index in [0.717, 1.165) is 11.9 Å². The molecule has 24 heavy (non-hydrogen) atoms. The Hall–Kier alpha value is -2.86. The molecule has 0 saturated carbocycles. The van der Waals surface area contributed by atoms with E-state index in [2.05, 4.69) is 5.32 Å². The first-order valence-electron chi connectivity index (χ1n) is 7.28. The minimum absolute atomic E-state index is 0.189. The van der Waals surface area contributed by atoms with Crippen LogP contribution in [0, 0.1) is 0 Å². The Kier molecular flexibility index (Phi) is 4.22. The number of carbonyl (C=O) groups is 1. The van der Waals surface area contributed by atoms with Crippen LogP contribution in [0.4, 0.5) is 5.69 Å². The highest BCUT2D eigenvalue weighted by molar-refractivity contribution is 7.90. The third-order valence-corrected chi connectivity index (χ3v) is 4.68. The van der Waals surface area contributed by atoms with E-state index in [-0.39, 0.29) is 10.8 Å². The number of nitrogens with one attached hydrogen (secondary N) is 1. The van der Waals surface area contributed by atoms with Crippen LogP contribution < -0.4 is 5.32 Å². The van der Waals surface area contributed by atoms with Crippen LogP contribution in [0.3, 0.4) is 0 Å². The maximum absolute atomic E-state index is 12.3. The normalized spacial score (nSPS) is 11.2. The summed E-state index contributed by atoms with van der Waals surface area (Å²) in [4.78, 5) is 12.5. The van der Waals surface area contributed by atoms with Crippen LogP contribution in [0.2, 0.25) is 0 Å². The smallest absolute Gasteiger partial charge is 0.255 e. The molecule has 1 heterocycles. The fraction of sp³-hybridized carbons (Fsp3) is 0.0556. The molecule has 0 unspecified atom stereocenters. The lowest BCUT2D eigenvalue weighted by molar-refractivity contribution is 0.102. The molecule has 0 fully saturated rings. The van der Waals surface area contributed by atoms with E-state index >= 15 is 0 Å². The van der Waals surface area contributed by atoms with Crippen LogP contribution in [0.1, 0.15) is 10.4 Å². The van der Waals surface area contributed by atoms with E-state index in [0.29, 0.717) is 11.3 Å². The summed E-state index contributed by atoms with van der Waals surface area (Å²) in [5, 5.41) is 2.82. The van der Waals surface area contributed by atoms with E-state index in [4.69, 9.17) is 0 Å². The van der Waals surface area contributed by atoms with E-state index < -0.39 is 9.84 Å². The molecule has 0 bridgehead atoms. The molecular formula is C18H16N2O3S. The maximum atomic E-state index is 12.3. The Morgan fingerprint density at radius 3 is 2.25 bits per heavy atom. The highest BCUT2D eigenvalue weighted by Crippen LogP contribution is 2.17. The fourth-order valence-corrected chi connectivity index (χ4v) is 2.94. The average molecular weight is 340 g/mol. The van der Waals surface area contributed by atoms with Gasteiger partial charge >= 0.3 is 0 Å². The molecule has 0 spiro atoms. The van der Waals surface area contributed by atoms with E-state index in [1.807, 2.05) is 47.3 Å². The van der Waals surface area contributed by atoms with Crippen LogP contribution in [0.15, 0.2) is 78.0 Å². The number of aromatic nitrogens is 1. The van der Waals surface area contributed by atoms with Crippen molar-refractivity contribution < 1.29 is 13.2 Å². The maximum Gasteiger partial charge on any atom is 0.255 e. The summed E-state index contributed by atoms with van der Waals surface area (Å²) >= 11 is 0. The van der Waals surface area contributed by atoms with Crippen molar-refractivity contribution in [3.63, 3.8) is 0 Å². The summed E-state index contributed by atoms with van der Waals surface area (Å²) in [5.41, 5.74) is 2.00. The molecular weight excluding hydrogens is 324 g/mol. The van der Waals surface area contributed by atoms with Gasteiger partial charge in [-0.2, -0.15) is 0 Å². The molecule has 0 saturated heterocycles. The fourth-order valence-electron chi connectivity index (χ4n) is 2.31. The van der Waals surface area contributed by atoms with Crippen molar-refractivity contribution in [3.8, 4) is 5.69 Å². The number of nitrogens with zero attached hydrogens (tertiary/aromatic N) is 1. The Bertz CT molecular complexity index is 960. The number of carbonyl (C=O) groups excluding carboxylic acids is 1. The Labute approximate surface area is 140 Å². The zero-order valence-corrected chi connectivity index (χ0v) is 13.8. The topological polar surface area (TPSA) is 68.2 Å². The molecule has 0 atom stereocenters. The second-order valence-electron chi connectivity index (χ2n) is 5.39. The summed E-state index contributed by atoms with van der Waals surface area (Å²) in [6.45, 7) is 0. The molecule has 1 amide bonds. The molecule has 2 aromatic carbocycles. The first-order valence-corrected chi connectivity index (χ1v) is 9.17. The molecule has 122 valence electrons. The molecule has 0 aliphatic carbocycles. The number of amides is 1. The lowest BCUT2D eigenvalue weighted by Crippen LogP contribution is -2.12. The second kappa shape index (κ2) is 6.33. The van der Waals surface area contributed by atoms with Gasteiger partial charge in [-0.1, -0.05) is 6.07 Å². The first-order chi connectivity index (χ1) is 11.4. The van der Waals surface area contributed by atoms with Gasteiger partial charge in [0.15, 0.2) is 9.84 Å². The molecule has 0 aliphatic rings. The predicted octanol–water partition coefficient (Wildman–Crippen LogP) is 3.13. The summed E-state index contributed by atoms with van der Waals surface area (Å²) in [5.74, 6) is -0.292. The average Bonchev–Trinajstić information content (AvgIpc) is 3.09. The molecule has 0 aliphatic heterocycles. The van der Waals surface area contributed by atoms with Gasteiger partial charge in [0, 0.05) is 35.6 Å². The van der Waals surface area contributed by atoms with Crippen molar-refractivity contribution in [1.29, 1.82) is 0 Å². The van der Waals surface area contributed by atoms with Crippen molar-refractivity contribution in [2.75, 3.05) is 11.6 Å². The minimum Gasteiger partial charge on any atom is -0.324 e. The molecule has 0 radical (unpaired) electrons. The summed E-state index contributed by atoms with van der Waals surface area (Å²) in [6, 6.07) is 17.2. The Morgan fingerprint density at radius 2 is 1.62 bits per heavy atom. The van der Waals surface area contributed by atoms with Gasteiger partial charge in [0.25, 0.3) is 5.91 Å². The molecule has 6 heteroatoms. The van der Waals surface area contributed by atoms with Gasteiger partial charge < -0.3 is 9.88 Å². The second-order valence-corrected chi connectivity index (χ2v) is 7.41. The minimum atomic E-state index is -3.27. The highest BCUT2D eigenvalue weighted by Gasteiger charge is 2.10. The molecule has 3 aromatic rings. The zero-order valence-electron chi connectivity index (χ0n) is 13.0. The number of rotatable bonds is 4. The van der Waals surface area contributed by atoms with Crippen LogP contribution in [0.25, 0.3) is 5.69 Å². The third-order valence-electron chi connectivity index (χ3n) is 3.55. The number of anilines is 1. The predicted molar refractivity (Wildman–Crippen MR) is 93.3 cm³/mol. The van der Waals surface area contributed by atoms with Crippen LogP contribution in [-0.2, 0) is 9.84 Å². The SMILES string of the molecule is CS(=O)(=O)c1ccc(C(=O)Nc2cccc(-n3cccc3)c2)cc1. The van der Waals surface area contributed by atoms with E-state index in [1.54, 1.807) is 6.07 Å². The summed E-state index contributed by atoms with van der Waals surface area (Å²) in [6.07, 6.45) is 4.98. The van der Waals surface area contributed by atoms with Gasteiger partial charge in [-0.15, -0.1) is 0 Å². The lowest BCUT2D eigenvalue weighted by Gasteiger charge is -2.09. The standard InChI is InChI=1S/C18H16N2O3S/c1-24(22,23)17-9-7-14(8-10-17)18(21)19-15-5-4-6-16(13-15)20-11-2-3-12-20/h2-13H,1H3,(H,19,21). The van der Waals surface area contributed by atoms with Crippen LogP contribution >= 0.6 is 0 Å². The summed E-state index contributed by atoms with van der Waals surface area (Å²) < 4.78 is 24.8. The van der Waals surface area contributed by atoms with Gasteiger partial charge in [0.05, 0.1) is 4.90 Å². The number of hydrogen-bond acceptors (Lipinski definition) is 3. The van der Waals surface area contributed by atoms with Gasteiger partial charge in [-0.3, -0.25) is 4.79 Å². The van der Waals surface area contributed by atoms with Crippen LogP contribution in [-0.4, -0.2) is 25.1 Å². The quantitative estimate of drug-likeness (QED) is 0.793. The van der Waals surface area contributed by atoms with Crippen molar-refractivity contribution in [2.24, 2.45) is 0 Å². The van der Waals surface area contributed by atoms with Gasteiger partial charge in [-0.05, 0) is 54.6 Å². The number of sulfone groups is 1. The van der Waals surface area contributed by atoms with Crippen molar-refractivity contribution in [2.45, 2.75) is 4.90 Å². The summed E-state index contributed by atoms with van der Waals surface area (Å²) in [7, 11) is -3.27. The van der Waals surface area contributed by atoms with E-state index in [1.165, 1.54) is 24.3 Å².